The Labute approximate surface area is 161 Å². The average molecular weight is 377 g/mol. The number of nitrogens with one attached hydrogen (secondary N) is 2. The van der Waals surface area contributed by atoms with Crippen molar-refractivity contribution in [1.29, 1.82) is 0 Å². The van der Waals surface area contributed by atoms with Gasteiger partial charge in [0.15, 0.2) is 5.76 Å². The third-order valence-electron chi connectivity index (χ3n) is 5.66. The highest BCUT2D eigenvalue weighted by atomic mass is 16.3. The van der Waals surface area contributed by atoms with Gasteiger partial charge >= 0.3 is 6.03 Å². The van der Waals surface area contributed by atoms with Crippen LogP contribution < -0.4 is 10.6 Å². The number of hydrogen-bond donors (Lipinski definition) is 2. The van der Waals surface area contributed by atoms with Crippen LogP contribution in [-0.4, -0.2) is 67.0 Å². The molecule has 1 aromatic heterocycles. The summed E-state index contributed by atoms with van der Waals surface area (Å²) >= 11 is 0. The molecule has 150 valence electrons. The summed E-state index contributed by atoms with van der Waals surface area (Å²) in [6.07, 6.45) is 6.61. The van der Waals surface area contributed by atoms with E-state index in [9.17, 15) is 9.59 Å². The van der Waals surface area contributed by atoms with Crippen LogP contribution in [0, 0.1) is 5.92 Å². The number of rotatable bonds is 6. The molecule has 3 rings (SSSR count). The van der Waals surface area contributed by atoms with Gasteiger partial charge in [0, 0.05) is 25.7 Å². The van der Waals surface area contributed by atoms with Crippen molar-refractivity contribution in [2.45, 2.75) is 45.1 Å². The molecule has 2 saturated heterocycles. The lowest BCUT2D eigenvalue weighted by molar-refractivity contribution is 0.0676. The van der Waals surface area contributed by atoms with Gasteiger partial charge in [0.2, 0.25) is 0 Å². The van der Waals surface area contributed by atoms with Crippen LogP contribution in [0.5, 0.6) is 0 Å². The van der Waals surface area contributed by atoms with Crippen LogP contribution in [0.3, 0.4) is 0 Å². The van der Waals surface area contributed by atoms with Gasteiger partial charge in [-0.15, -0.1) is 0 Å². The van der Waals surface area contributed by atoms with E-state index in [1.807, 2.05) is 0 Å². The highest BCUT2D eigenvalue weighted by Gasteiger charge is 2.25. The Morgan fingerprint density at radius 3 is 2.56 bits per heavy atom. The van der Waals surface area contributed by atoms with Crippen molar-refractivity contribution in [2.75, 3.05) is 39.3 Å². The quantitative estimate of drug-likeness (QED) is 0.747. The predicted molar refractivity (Wildman–Crippen MR) is 104 cm³/mol. The number of hydrogen-bond acceptors (Lipinski definition) is 4. The second kappa shape index (κ2) is 9.78. The number of carbonyl (C=O) groups excluding carboxylic acids is 2. The molecular formula is C20H32N4O3. The third kappa shape index (κ3) is 5.99. The van der Waals surface area contributed by atoms with Gasteiger partial charge in [-0.1, -0.05) is 6.92 Å². The van der Waals surface area contributed by atoms with E-state index in [4.69, 9.17) is 4.42 Å². The Bertz CT molecular complexity index is 588. The van der Waals surface area contributed by atoms with Gasteiger partial charge in [0.1, 0.15) is 0 Å². The maximum Gasteiger partial charge on any atom is 0.315 e. The minimum atomic E-state index is -0.0990. The summed E-state index contributed by atoms with van der Waals surface area (Å²) in [6, 6.07) is 3.43. The van der Waals surface area contributed by atoms with Gasteiger partial charge in [-0.05, 0) is 69.8 Å². The van der Waals surface area contributed by atoms with Gasteiger partial charge in [-0.2, -0.15) is 0 Å². The number of amides is 3. The van der Waals surface area contributed by atoms with Crippen molar-refractivity contribution in [2.24, 2.45) is 5.92 Å². The molecular weight excluding hydrogens is 344 g/mol. The molecule has 3 heterocycles. The second-order valence-corrected chi connectivity index (χ2v) is 7.82. The van der Waals surface area contributed by atoms with E-state index in [0.717, 1.165) is 31.7 Å². The van der Waals surface area contributed by atoms with E-state index in [1.54, 1.807) is 17.0 Å². The first-order valence-electron chi connectivity index (χ1n) is 10.2. The van der Waals surface area contributed by atoms with Crippen LogP contribution >= 0.6 is 0 Å². The largest absolute Gasteiger partial charge is 0.459 e. The van der Waals surface area contributed by atoms with Gasteiger partial charge in [-0.25, -0.2) is 4.79 Å². The molecule has 2 aliphatic heterocycles. The van der Waals surface area contributed by atoms with Gasteiger partial charge < -0.3 is 24.9 Å². The first-order chi connectivity index (χ1) is 13.1. The van der Waals surface area contributed by atoms with Crippen LogP contribution in [0.1, 0.15) is 49.6 Å². The molecule has 0 bridgehead atoms. The summed E-state index contributed by atoms with van der Waals surface area (Å²) in [6.45, 7) is 7.72. The summed E-state index contributed by atoms with van der Waals surface area (Å²) in [5, 5.41) is 5.99. The Morgan fingerprint density at radius 2 is 1.89 bits per heavy atom. The van der Waals surface area contributed by atoms with E-state index >= 15 is 0 Å². The lowest BCUT2D eigenvalue weighted by Gasteiger charge is -2.32. The summed E-state index contributed by atoms with van der Waals surface area (Å²) < 4.78 is 5.17. The normalized spacial score (nSPS) is 19.8. The number of likely N-dealkylation sites (tertiary alicyclic amines) is 2. The highest BCUT2D eigenvalue weighted by Crippen LogP contribution is 2.16. The van der Waals surface area contributed by atoms with Crippen LogP contribution in [0.15, 0.2) is 22.8 Å². The lowest BCUT2D eigenvalue weighted by Crippen LogP contribution is -2.49. The number of nitrogens with zero attached hydrogens (tertiary/aromatic N) is 2. The van der Waals surface area contributed by atoms with E-state index < -0.39 is 0 Å². The first-order valence-corrected chi connectivity index (χ1v) is 10.2. The smallest absolute Gasteiger partial charge is 0.315 e. The molecule has 7 heteroatoms. The molecule has 0 saturated carbocycles. The average Bonchev–Trinajstić information content (AvgIpc) is 3.21. The van der Waals surface area contributed by atoms with E-state index in [2.05, 4.69) is 22.5 Å². The van der Waals surface area contributed by atoms with E-state index in [-0.39, 0.29) is 18.0 Å². The molecule has 0 atom stereocenters. The minimum absolute atomic E-state index is 0.0741. The molecule has 27 heavy (non-hydrogen) atoms. The fourth-order valence-corrected chi connectivity index (χ4v) is 3.81. The van der Waals surface area contributed by atoms with Crippen LogP contribution in [0.25, 0.3) is 0 Å². The van der Waals surface area contributed by atoms with Crippen molar-refractivity contribution in [3.8, 4) is 0 Å². The van der Waals surface area contributed by atoms with Gasteiger partial charge in [0.25, 0.3) is 5.91 Å². The Balaban J connectivity index is 1.26. The van der Waals surface area contributed by atoms with Gasteiger partial charge in [-0.3, -0.25) is 4.79 Å². The van der Waals surface area contributed by atoms with E-state index in [0.29, 0.717) is 25.4 Å². The van der Waals surface area contributed by atoms with Crippen molar-refractivity contribution < 1.29 is 14.0 Å². The second-order valence-electron chi connectivity index (χ2n) is 7.82. The van der Waals surface area contributed by atoms with Crippen molar-refractivity contribution in [3.63, 3.8) is 0 Å². The zero-order valence-electron chi connectivity index (χ0n) is 16.3. The monoisotopic (exact) mass is 376 g/mol. The standard InChI is InChI=1S/C20H32N4O3/c1-16-5-11-23(12-6-16)10-3-9-21-20(26)22-17-7-13-24(14-8-17)19(25)18-4-2-15-27-18/h2,4,15-17H,3,5-14H2,1H3,(H2,21,22,26). The first kappa shape index (κ1) is 19.7. The highest BCUT2D eigenvalue weighted by molar-refractivity contribution is 5.91. The maximum atomic E-state index is 12.2. The predicted octanol–water partition coefficient (Wildman–Crippen LogP) is 2.31. The molecule has 0 unspecified atom stereocenters. The summed E-state index contributed by atoms with van der Waals surface area (Å²) in [4.78, 5) is 28.6. The lowest BCUT2D eigenvalue weighted by atomic mass is 9.99. The molecule has 2 aliphatic rings. The number of piperidine rings is 2. The van der Waals surface area contributed by atoms with Crippen LogP contribution in [0.4, 0.5) is 4.79 Å². The fourth-order valence-electron chi connectivity index (χ4n) is 3.81. The number of urea groups is 1. The SMILES string of the molecule is CC1CCN(CCCNC(=O)NC2CCN(C(=O)c3ccco3)CC2)CC1. The van der Waals surface area contributed by atoms with Crippen molar-refractivity contribution in [3.05, 3.63) is 24.2 Å². The molecule has 2 N–H and O–H groups in total. The van der Waals surface area contributed by atoms with Crippen molar-refractivity contribution in [1.82, 2.24) is 20.4 Å². The minimum Gasteiger partial charge on any atom is -0.459 e. The number of carbonyl (C=O) groups is 2. The Kier molecular flexibility index (Phi) is 7.15. The van der Waals surface area contributed by atoms with Crippen LogP contribution in [0.2, 0.25) is 0 Å². The zero-order valence-corrected chi connectivity index (χ0v) is 16.3. The van der Waals surface area contributed by atoms with Gasteiger partial charge in [0.05, 0.1) is 6.26 Å². The molecule has 0 radical (unpaired) electrons. The third-order valence-corrected chi connectivity index (χ3v) is 5.66. The fraction of sp³-hybridized carbons (Fsp3) is 0.700. The molecule has 1 aromatic rings. The topological polar surface area (TPSA) is 77.8 Å². The molecule has 2 fully saturated rings. The van der Waals surface area contributed by atoms with E-state index in [1.165, 1.54) is 32.2 Å². The summed E-state index contributed by atoms with van der Waals surface area (Å²) in [7, 11) is 0. The molecule has 0 aromatic carbocycles. The summed E-state index contributed by atoms with van der Waals surface area (Å²) in [5.41, 5.74) is 0. The van der Waals surface area contributed by atoms with Crippen LogP contribution in [-0.2, 0) is 0 Å². The summed E-state index contributed by atoms with van der Waals surface area (Å²) in [5.74, 6) is 1.16. The Hall–Kier alpha value is -2.02. The van der Waals surface area contributed by atoms with Crippen molar-refractivity contribution >= 4 is 11.9 Å². The number of furan rings is 1. The maximum absolute atomic E-state index is 12.2. The Morgan fingerprint density at radius 1 is 1.15 bits per heavy atom. The molecule has 7 nitrogen and oxygen atoms in total. The zero-order chi connectivity index (χ0) is 19.1. The molecule has 0 aliphatic carbocycles. The molecule has 3 amide bonds. The molecule has 0 spiro atoms.